The molecule has 7 heteroatoms. The molecule has 2 saturated heterocycles. The Morgan fingerprint density at radius 1 is 1.14 bits per heavy atom. The molecule has 3 aliphatic rings. The van der Waals surface area contributed by atoms with Gasteiger partial charge in [0, 0.05) is 31.5 Å². The zero-order valence-corrected chi connectivity index (χ0v) is 21.3. The number of aromatic nitrogens is 3. The number of piperidine rings is 1. The van der Waals surface area contributed by atoms with E-state index in [4.69, 9.17) is 0 Å². The highest BCUT2D eigenvalue weighted by atomic mass is 19.1. The van der Waals surface area contributed by atoms with Gasteiger partial charge in [-0.3, -0.25) is 15.0 Å². The Hall–Kier alpha value is -2.64. The van der Waals surface area contributed by atoms with Gasteiger partial charge in [-0.2, -0.15) is 0 Å². The number of nitrogens with zero attached hydrogens (tertiary/aromatic N) is 5. The molecule has 0 N–H and O–H groups in total. The highest BCUT2D eigenvalue weighted by Crippen LogP contribution is 2.47. The molecule has 1 saturated carbocycles. The zero-order chi connectivity index (χ0) is 25.3. The number of likely N-dealkylation sites (tertiary alicyclic amines) is 2. The van der Waals surface area contributed by atoms with Crippen LogP contribution in [0, 0.1) is 11.2 Å². The Bertz CT molecular complexity index is 926. The SMILES string of the molecule is C=C.C=COCC.CN1CC2(CCC(N3CCC(c4cc(F)cnc4-c4cnccn4)CC3)C2)C1. The molecule has 3 fully saturated rings. The summed E-state index contributed by atoms with van der Waals surface area (Å²) in [6, 6.07) is 2.39. The van der Waals surface area contributed by atoms with Crippen LogP contribution in [-0.4, -0.2) is 70.6 Å². The Kier molecular flexibility index (Phi) is 9.93. The molecule has 5 rings (SSSR count). The summed E-state index contributed by atoms with van der Waals surface area (Å²) in [6.07, 6.45) is 13.9. The van der Waals surface area contributed by atoms with Crippen LogP contribution in [0.15, 0.2) is 56.9 Å². The first-order valence-corrected chi connectivity index (χ1v) is 12.6. The standard InChI is InChI=1S/C22H28FN5.C4H8O.C2H4/c1-27-14-22(15-27)5-2-18(11-22)28-8-3-16(4-9-28)19-10-17(23)12-26-21(19)20-13-24-6-7-25-20;1-3-5-4-2;1-2/h6-7,10,12-13,16,18H,2-5,8-9,11,14-15H2,1H3;3H,1,4H2,2H3;1-2H2. The maximum atomic E-state index is 14.0. The summed E-state index contributed by atoms with van der Waals surface area (Å²) in [5.41, 5.74) is 3.10. The van der Waals surface area contributed by atoms with E-state index in [1.54, 1.807) is 24.7 Å². The molecule has 1 aliphatic carbocycles. The average molecular weight is 482 g/mol. The number of hydrogen-bond donors (Lipinski definition) is 0. The van der Waals surface area contributed by atoms with Crippen molar-refractivity contribution >= 4 is 0 Å². The van der Waals surface area contributed by atoms with Gasteiger partial charge in [0.15, 0.2) is 0 Å². The summed E-state index contributed by atoms with van der Waals surface area (Å²) in [6.45, 7) is 16.7. The minimum atomic E-state index is -0.267. The van der Waals surface area contributed by atoms with Crippen LogP contribution in [-0.2, 0) is 4.74 Å². The zero-order valence-electron chi connectivity index (χ0n) is 21.3. The van der Waals surface area contributed by atoms with Crippen LogP contribution in [0.25, 0.3) is 11.4 Å². The number of ether oxygens (including phenoxy) is 1. The fourth-order valence-corrected chi connectivity index (χ4v) is 5.97. The topological polar surface area (TPSA) is 54.4 Å². The highest BCUT2D eigenvalue weighted by Gasteiger charge is 2.48. The molecule has 6 nitrogen and oxygen atoms in total. The van der Waals surface area contributed by atoms with Gasteiger partial charge in [0.05, 0.1) is 31.0 Å². The van der Waals surface area contributed by atoms with Crippen LogP contribution >= 0.6 is 0 Å². The second kappa shape index (κ2) is 12.9. The second-order valence-corrected chi connectivity index (χ2v) is 9.68. The molecule has 2 aliphatic heterocycles. The second-order valence-electron chi connectivity index (χ2n) is 9.68. The monoisotopic (exact) mass is 481 g/mol. The van der Waals surface area contributed by atoms with Crippen LogP contribution in [0.4, 0.5) is 4.39 Å². The molecule has 1 unspecified atom stereocenters. The van der Waals surface area contributed by atoms with Gasteiger partial charge < -0.3 is 14.5 Å². The molecule has 0 amide bonds. The average Bonchev–Trinajstić information content (AvgIpc) is 3.32. The first-order valence-electron chi connectivity index (χ1n) is 12.6. The molecular formula is C28H40FN5O. The van der Waals surface area contributed by atoms with E-state index in [9.17, 15) is 4.39 Å². The van der Waals surface area contributed by atoms with Gasteiger partial charge in [0.25, 0.3) is 0 Å². The maximum absolute atomic E-state index is 14.0. The molecular weight excluding hydrogens is 441 g/mol. The van der Waals surface area contributed by atoms with E-state index >= 15 is 0 Å². The smallest absolute Gasteiger partial charge is 0.141 e. The van der Waals surface area contributed by atoms with Gasteiger partial charge in [0.1, 0.15) is 11.5 Å². The molecule has 0 radical (unpaired) electrons. The van der Waals surface area contributed by atoms with E-state index in [0.29, 0.717) is 11.3 Å². The van der Waals surface area contributed by atoms with Gasteiger partial charge in [-0.15, -0.1) is 13.2 Å². The highest BCUT2D eigenvalue weighted by molar-refractivity contribution is 5.58. The number of rotatable bonds is 5. The van der Waals surface area contributed by atoms with Crippen LogP contribution < -0.4 is 0 Å². The summed E-state index contributed by atoms with van der Waals surface area (Å²) in [4.78, 5) is 18.1. The molecule has 0 bridgehead atoms. The van der Waals surface area contributed by atoms with Crippen molar-refractivity contribution < 1.29 is 9.13 Å². The quantitative estimate of drug-likeness (QED) is 0.426. The van der Waals surface area contributed by atoms with Crippen LogP contribution in [0.3, 0.4) is 0 Å². The van der Waals surface area contributed by atoms with Gasteiger partial charge in [-0.05, 0) is 82.1 Å². The number of halogens is 1. The van der Waals surface area contributed by atoms with Crippen molar-refractivity contribution in [2.24, 2.45) is 5.41 Å². The Morgan fingerprint density at radius 3 is 2.46 bits per heavy atom. The predicted molar refractivity (Wildman–Crippen MR) is 139 cm³/mol. The lowest BCUT2D eigenvalue weighted by molar-refractivity contribution is 0.0191. The molecule has 2 aromatic heterocycles. The summed E-state index contributed by atoms with van der Waals surface area (Å²) >= 11 is 0. The molecule has 190 valence electrons. The van der Waals surface area contributed by atoms with Gasteiger partial charge in [-0.1, -0.05) is 6.58 Å². The van der Waals surface area contributed by atoms with Gasteiger partial charge in [-0.25, -0.2) is 4.39 Å². The van der Waals surface area contributed by atoms with Crippen LogP contribution in [0.1, 0.15) is 50.5 Å². The normalized spacial score (nSPS) is 21.7. The molecule has 1 atom stereocenters. The molecule has 1 spiro atoms. The lowest BCUT2D eigenvalue weighted by Crippen LogP contribution is -2.53. The largest absolute Gasteiger partial charge is 0.502 e. The van der Waals surface area contributed by atoms with Crippen molar-refractivity contribution in [2.45, 2.75) is 51.0 Å². The third kappa shape index (κ3) is 6.73. The summed E-state index contributed by atoms with van der Waals surface area (Å²) < 4.78 is 18.6. The molecule has 2 aromatic rings. The Morgan fingerprint density at radius 2 is 1.89 bits per heavy atom. The lowest BCUT2D eigenvalue weighted by atomic mass is 9.78. The Balaban J connectivity index is 0.000000438. The maximum Gasteiger partial charge on any atom is 0.141 e. The lowest BCUT2D eigenvalue weighted by Gasteiger charge is -2.47. The van der Waals surface area contributed by atoms with Crippen molar-refractivity contribution in [3.05, 3.63) is 68.2 Å². The van der Waals surface area contributed by atoms with Crippen molar-refractivity contribution in [1.82, 2.24) is 24.8 Å². The van der Waals surface area contributed by atoms with E-state index in [1.807, 2.05) is 6.92 Å². The van der Waals surface area contributed by atoms with Gasteiger partial charge in [0.2, 0.25) is 0 Å². The molecule has 0 aromatic carbocycles. The fraction of sp³-hybridized carbons (Fsp3) is 0.536. The fourth-order valence-electron chi connectivity index (χ4n) is 5.97. The number of hydrogen-bond acceptors (Lipinski definition) is 6. The van der Waals surface area contributed by atoms with E-state index in [-0.39, 0.29) is 5.82 Å². The van der Waals surface area contributed by atoms with Crippen molar-refractivity contribution in [3.63, 3.8) is 0 Å². The van der Waals surface area contributed by atoms with Crippen LogP contribution in [0.5, 0.6) is 0 Å². The van der Waals surface area contributed by atoms with Crippen molar-refractivity contribution in [3.8, 4) is 11.4 Å². The summed E-state index contributed by atoms with van der Waals surface area (Å²) in [5, 5.41) is 0. The van der Waals surface area contributed by atoms with E-state index < -0.39 is 0 Å². The van der Waals surface area contributed by atoms with Gasteiger partial charge >= 0.3 is 0 Å². The predicted octanol–water partition coefficient (Wildman–Crippen LogP) is 5.31. The van der Waals surface area contributed by atoms with E-state index in [1.165, 1.54) is 44.8 Å². The molecule has 4 heterocycles. The minimum absolute atomic E-state index is 0.267. The Labute approximate surface area is 209 Å². The van der Waals surface area contributed by atoms with Crippen molar-refractivity contribution in [1.29, 1.82) is 0 Å². The van der Waals surface area contributed by atoms with E-state index in [0.717, 1.165) is 55.5 Å². The number of pyridine rings is 1. The van der Waals surface area contributed by atoms with Crippen molar-refractivity contribution in [2.75, 3.05) is 39.8 Å². The molecule has 35 heavy (non-hydrogen) atoms. The summed E-state index contributed by atoms with van der Waals surface area (Å²) in [7, 11) is 2.23. The first kappa shape index (κ1) is 27.0. The minimum Gasteiger partial charge on any atom is -0.502 e. The third-order valence-corrected chi connectivity index (χ3v) is 7.35. The van der Waals surface area contributed by atoms with Crippen LogP contribution in [0.2, 0.25) is 0 Å². The third-order valence-electron chi connectivity index (χ3n) is 7.35. The summed E-state index contributed by atoms with van der Waals surface area (Å²) in [5.74, 6) is 0.0681. The van der Waals surface area contributed by atoms with E-state index in [2.05, 4.69) is 56.3 Å². The first-order chi connectivity index (χ1) is 17.0.